The molecular weight excluding hydrogens is 368 g/mol. The maximum atomic E-state index is 12.5. The summed E-state index contributed by atoms with van der Waals surface area (Å²) in [7, 11) is -2.44. The van der Waals surface area contributed by atoms with E-state index in [0.717, 1.165) is 0 Å². The summed E-state index contributed by atoms with van der Waals surface area (Å²) in [5.74, 6) is 0.803. The maximum Gasteiger partial charge on any atom is 0.339 e. The standard InChI is InChI=1S/C19H22N2O5S/c1-14(2)20-12-13-21(19(20)22)15-4-10-18(11-5-15)27(23,24)26-17-8-6-16(25-3)7-9-17/h4-11,14H,12-13H2,1-3H3. The van der Waals surface area contributed by atoms with Crippen LogP contribution in [0.15, 0.2) is 53.4 Å². The van der Waals surface area contributed by atoms with Gasteiger partial charge in [0.1, 0.15) is 16.4 Å². The van der Waals surface area contributed by atoms with Gasteiger partial charge >= 0.3 is 16.1 Å². The summed E-state index contributed by atoms with van der Waals surface area (Å²) in [5, 5.41) is 0. The van der Waals surface area contributed by atoms with Crippen molar-refractivity contribution < 1.29 is 22.1 Å². The van der Waals surface area contributed by atoms with E-state index in [4.69, 9.17) is 8.92 Å². The zero-order valence-electron chi connectivity index (χ0n) is 15.5. The number of anilines is 1. The van der Waals surface area contributed by atoms with Crippen LogP contribution in [0.4, 0.5) is 10.5 Å². The van der Waals surface area contributed by atoms with E-state index in [1.165, 1.54) is 31.4 Å². The maximum absolute atomic E-state index is 12.5. The molecule has 2 aromatic carbocycles. The molecule has 0 unspecified atom stereocenters. The number of urea groups is 1. The summed E-state index contributed by atoms with van der Waals surface area (Å²) in [6, 6.07) is 12.5. The number of ether oxygens (including phenoxy) is 1. The summed E-state index contributed by atoms with van der Waals surface area (Å²) in [6.45, 7) is 5.16. The molecule has 0 aromatic heterocycles. The summed E-state index contributed by atoms with van der Waals surface area (Å²) in [6.07, 6.45) is 0. The van der Waals surface area contributed by atoms with E-state index < -0.39 is 10.1 Å². The van der Waals surface area contributed by atoms with E-state index in [2.05, 4.69) is 0 Å². The summed E-state index contributed by atoms with van der Waals surface area (Å²) >= 11 is 0. The third kappa shape index (κ3) is 4.00. The minimum absolute atomic E-state index is 0.0226. The second-order valence-corrected chi connectivity index (χ2v) is 7.97. The summed E-state index contributed by atoms with van der Waals surface area (Å²) in [5.41, 5.74) is 0.659. The van der Waals surface area contributed by atoms with Crippen LogP contribution in [0.2, 0.25) is 0 Å². The largest absolute Gasteiger partial charge is 0.497 e. The molecular formula is C19H22N2O5S. The topological polar surface area (TPSA) is 76.2 Å². The molecule has 1 heterocycles. The number of carbonyl (C=O) groups excluding carboxylic acids is 1. The van der Waals surface area contributed by atoms with Crippen LogP contribution in [0.1, 0.15) is 13.8 Å². The third-order valence-electron chi connectivity index (χ3n) is 4.37. The van der Waals surface area contributed by atoms with Crippen LogP contribution >= 0.6 is 0 Å². The number of methoxy groups -OCH3 is 1. The van der Waals surface area contributed by atoms with Crippen molar-refractivity contribution in [2.45, 2.75) is 24.8 Å². The van der Waals surface area contributed by atoms with Crippen LogP contribution in [-0.2, 0) is 10.1 Å². The number of nitrogens with zero attached hydrogens (tertiary/aromatic N) is 2. The Morgan fingerprint density at radius 1 is 0.926 bits per heavy atom. The monoisotopic (exact) mass is 390 g/mol. The first-order valence-corrected chi connectivity index (χ1v) is 9.99. The predicted octanol–water partition coefficient (Wildman–Crippen LogP) is 3.11. The molecule has 0 saturated carbocycles. The molecule has 0 N–H and O–H groups in total. The molecule has 1 aliphatic rings. The van der Waals surface area contributed by atoms with Crippen LogP contribution in [0.3, 0.4) is 0 Å². The molecule has 0 bridgehead atoms. The highest BCUT2D eigenvalue weighted by Gasteiger charge is 2.31. The first-order valence-electron chi connectivity index (χ1n) is 8.58. The number of hydrogen-bond donors (Lipinski definition) is 0. The molecule has 2 aromatic rings. The van der Waals surface area contributed by atoms with Gasteiger partial charge in [0, 0.05) is 24.8 Å². The molecule has 7 nitrogen and oxygen atoms in total. The first-order chi connectivity index (χ1) is 12.8. The average molecular weight is 390 g/mol. The van der Waals surface area contributed by atoms with E-state index in [-0.39, 0.29) is 22.7 Å². The second-order valence-electron chi connectivity index (χ2n) is 6.43. The molecule has 1 saturated heterocycles. The lowest BCUT2D eigenvalue weighted by Gasteiger charge is -2.21. The lowest BCUT2D eigenvalue weighted by atomic mass is 10.3. The van der Waals surface area contributed by atoms with Gasteiger partial charge in [-0.3, -0.25) is 4.90 Å². The van der Waals surface area contributed by atoms with Crippen molar-refractivity contribution in [1.82, 2.24) is 4.90 Å². The Balaban J connectivity index is 1.75. The molecule has 0 atom stereocenters. The normalized spacial score (nSPS) is 14.7. The van der Waals surface area contributed by atoms with Gasteiger partial charge in [0.25, 0.3) is 0 Å². The zero-order valence-corrected chi connectivity index (χ0v) is 16.3. The number of hydrogen-bond acceptors (Lipinski definition) is 5. The number of benzene rings is 2. The molecule has 8 heteroatoms. The molecule has 144 valence electrons. The summed E-state index contributed by atoms with van der Waals surface area (Å²) < 4.78 is 35.1. The first kappa shape index (κ1) is 19.0. The minimum atomic E-state index is -3.97. The van der Waals surface area contributed by atoms with Crippen LogP contribution in [0.25, 0.3) is 0 Å². The van der Waals surface area contributed by atoms with Crippen LogP contribution in [0, 0.1) is 0 Å². The Morgan fingerprint density at radius 2 is 1.52 bits per heavy atom. The van der Waals surface area contributed by atoms with Crippen molar-refractivity contribution >= 4 is 21.8 Å². The molecule has 1 aliphatic heterocycles. The Labute approximate surface area is 159 Å². The molecule has 0 spiro atoms. The fourth-order valence-electron chi connectivity index (χ4n) is 2.87. The van der Waals surface area contributed by atoms with Crippen molar-refractivity contribution in [1.29, 1.82) is 0 Å². The third-order valence-corrected chi connectivity index (χ3v) is 5.63. The fraction of sp³-hybridized carbons (Fsp3) is 0.316. The smallest absolute Gasteiger partial charge is 0.339 e. The van der Waals surface area contributed by atoms with Crippen molar-refractivity contribution in [2.24, 2.45) is 0 Å². The highest BCUT2D eigenvalue weighted by atomic mass is 32.2. The number of rotatable bonds is 6. The highest BCUT2D eigenvalue weighted by molar-refractivity contribution is 7.87. The van der Waals surface area contributed by atoms with Crippen molar-refractivity contribution in [3.63, 3.8) is 0 Å². The van der Waals surface area contributed by atoms with Gasteiger partial charge in [-0.1, -0.05) is 0 Å². The van der Waals surface area contributed by atoms with E-state index in [1.54, 1.807) is 34.1 Å². The molecule has 3 rings (SSSR count). The molecule has 2 amide bonds. The number of carbonyl (C=O) groups is 1. The van der Waals surface area contributed by atoms with Gasteiger partial charge in [-0.15, -0.1) is 0 Å². The van der Waals surface area contributed by atoms with Gasteiger partial charge in [0.15, 0.2) is 0 Å². The van der Waals surface area contributed by atoms with Crippen molar-refractivity contribution in [2.75, 3.05) is 25.1 Å². The Hall–Kier alpha value is -2.74. The predicted molar refractivity (Wildman–Crippen MR) is 102 cm³/mol. The minimum Gasteiger partial charge on any atom is -0.497 e. The highest BCUT2D eigenvalue weighted by Crippen LogP contribution is 2.25. The lowest BCUT2D eigenvalue weighted by molar-refractivity contribution is 0.209. The Morgan fingerprint density at radius 3 is 2.04 bits per heavy atom. The second kappa shape index (κ2) is 7.48. The Kier molecular flexibility index (Phi) is 5.27. The van der Waals surface area contributed by atoms with Crippen LogP contribution in [0.5, 0.6) is 11.5 Å². The fourth-order valence-corrected chi connectivity index (χ4v) is 3.80. The van der Waals surface area contributed by atoms with Gasteiger partial charge in [-0.2, -0.15) is 8.42 Å². The van der Waals surface area contributed by atoms with Crippen LogP contribution < -0.4 is 13.8 Å². The van der Waals surface area contributed by atoms with Gasteiger partial charge in [0.2, 0.25) is 0 Å². The lowest BCUT2D eigenvalue weighted by Crippen LogP contribution is -2.36. The van der Waals surface area contributed by atoms with E-state index >= 15 is 0 Å². The van der Waals surface area contributed by atoms with E-state index in [0.29, 0.717) is 24.5 Å². The van der Waals surface area contributed by atoms with E-state index in [9.17, 15) is 13.2 Å². The van der Waals surface area contributed by atoms with Gasteiger partial charge in [0.05, 0.1) is 7.11 Å². The molecule has 1 fully saturated rings. The molecule has 27 heavy (non-hydrogen) atoms. The quantitative estimate of drug-likeness (QED) is 0.709. The van der Waals surface area contributed by atoms with Gasteiger partial charge in [-0.05, 0) is 62.4 Å². The molecule has 0 aliphatic carbocycles. The van der Waals surface area contributed by atoms with Gasteiger partial charge in [-0.25, -0.2) is 4.79 Å². The van der Waals surface area contributed by atoms with Crippen LogP contribution in [-0.4, -0.2) is 45.6 Å². The SMILES string of the molecule is COc1ccc(OS(=O)(=O)c2ccc(N3CCN(C(C)C)C3=O)cc2)cc1. The van der Waals surface area contributed by atoms with E-state index in [1.807, 2.05) is 13.8 Å². The van der Waals surface area contributed by atoms with Crippen molar-refractivity contribution in [3.05, 3.63) is 48.5 Å². The Bertz CT molecular complexity index is 908. The average Bonchev–Trinajstić information content (AvgIpc) is 3.04. The van der Waals surface area contributed by atoms with Crippen molar-refractivity contribution in [3.8, 4) is 11.5 Å². The summed E-state index contributed by atoms with van der Waals surface area (Å²) in [4.78, 5) is 15.9. The molecule has 0 radical (unpaired) electrons. The van der Waals surface area contributed by atoms with Gasteiger partial charge < -0.3 is 13.8 Å². The zero-order chi connectivity index (χ0) is 19.6. The number of amides is 2.